The highest BCUT2D eigenvalue weighted by Crippen LogP contribution is 2.54. The molecule has 1 amide bonds. The van der Waals surface area contributed by atoms with Crippen molar-refractivity contribution >= 4 is 12.1 Å². The van der Waals surface area contributed by atoms with Crippen molar-refractivity contribution in [2.45, 2.75) is 63.0 Å². The van der Waals surface area contributed by atoms with Gasteiger partial charge in [0, 0.05) is 23.0 Å². The highest BCUT2D eigenvalue weighted by molar-refractivity contribution is 5.89. The number of allylic oxidation sites excluding steroid dienone is 3. The largest absolute Gasteiger partial charge is 0.478 e. The van der Waals surface area contributed by atoms with E-state index in [4.69, 9.17) is 4.74 Å². The van der Waals surface area contributed by atoms with Gasteiger partial charge >= 0.3 is 30.6 Å². The quantitative estimate of drug-likeness (QED) is 0.261. The van der Waals surface area contributed by atoms with Crippen molar-refractivity contribution < 1.29 is 58.9 Å². The lowest BCUT2D eigenvalue weighted by Crippen LogP contribution is -2.60. The number of rotatable bonds is 4. The van der Waals surface area contributed by atoms with Crippen molar-refractivity contribution in [2.75, 3.05) is 0 Å². The molecule has 2 N–H and O–H groups in total. The minimum Gasteiger partial charge on any atom is -0.478 e. The summed E-state index contributed by atoms with van der Waals surface area (Å²) >= 11 is 0. The smallest absolute Gasteiger partial charge is 0.430 e. The third-order valence-electron chi connectivity index (χ3n) is 9.25. The summed E-state index contributed by atoms with van der Waals surface area (Å²) in [6.07, 6.45) is -17.5. The molecule has 3 aromatic rings. The summed E-state index contributed by atoms with van der Waals surface area (Å²) < 4.78 is 132. The van der Waals surface area contributed by atoms with Gasteiger partial charge in [0.1, 0.15) is 5.70 Å². The number of alkyl halides is 9. The highest BCUT2D eigenvalue weighted by atomic mass is 19.4. The number of pyridine rings is 1. The second kappa shape index (κ2) is 11.9. The summed E-state index contributed by atoms with van der Waals surface area (Å²) in [5.74, 6) is -1.16. The number of amides is 1. The van der Waals surface area contributed by atoms with Crippen LogP contribution in [0.25, 0.3) is 22.3 Å². The van der Waals surface area contributed by atoms with Crippen molar-refractivity contribution in [1.82, 2.24) is 15.2 Å². The Morgan fingerprint density at radius 1 is 0.941 bits per heavy atom. The monoisotopic (exact) mass is 723 g/mol. The third kappa shape index (κ3) is 6.20. The molecule has 1 spiro atoms. The van der Waals surface area contributed by atoms with E-state index in [2.05, 4.69) is 16.9 Å². The second-order valence-electron chi connectivity index (χ2n) is 12.5. The van der Waals surface area contributed by atoms with Crippen molar-refractivity contribution in [2.24, 2.45) is 0 Å². The van der Waals surface area contributed by atoms with Crippen molar-refractivity contribution in [3.8, 4) is 22.3 Å². The normalized spacial score (nSPS) is 22.3. The summed E-state index contributed by atoms with van der Waals surface area (Å²) in [4.78, 5) is 30.3. The van der Waals surface area contributed by atoms with E-state index in [1.807, 2.05) is 0 Å². The fraction of sp³-hybridized carbons (Fsp3) is 0.286. The molecule has 0 saturated carbocycles. The molecule has 16 heteroatoms. The number of carboxylic acid groups (broad SMARTS) is 1. The molecular formula is C35H26F9N3O4. The van der Waals surface area contributed by atoms with E-state index in [-0.39, 0.29) is 35.6 Å². The SMILES string of the molecule is C=C1C=C(C(F)(F)F)C=C(C(F)(F)F)N[C@@]23CC[C@@H](c4cc(C(F)(F)F)ccc4-c4cc(-c5ccc(C(=O)O)cc5C)cnc4C)N2C(=O)O[C@H]13. The standard InChI is InChI=1S/C35H26F9N3O4/c1-16-10-19(30(48)49)4-6-23(16)20-12-25(18(3)45-15-20)24-7-5-21(33(36,37)38)13-26(24)27-8-9-32-29(51-31(50)47(27)32)17(2)11-22(34(39,40)41)14-28(46-32)35(42,43)44/h4-7,10-15,27,29,46H,2,8-9H2,1,3H3,(H,48,49)/t27-,29+,32-/m0/s1. The molecule has 3 atom stereocenters. The van der Waals surface area contributed by atoms with E-state index in [0.29, 0.717) is 34.0 Å². The van der Waals surface area contributed by atoms with Crippen LogP contribution in [0.3, 0.4) is 0 Å². The highest BCUT2D eigenvalue weighted by Gasteiger charge is 2.64. The fourth-order valence-electron chi connectivity index (χ4n) is 6.94. The van der Waals surface area contributed by atoms with E-state index in [1.54, 1.807) is 26.0 Å². The zero-order valence-electron chi connectivity index (χ0n) is 26.5. The van der Waals surface area contributed by atoms with Gasteiger partial charge in [-0.3, -0.25) is 9.88 Å². The summed E-state index contributed by atoms with van der Waals surface area (Å²) in [5, 5.41) is 11.5. The van der Waals surface area contributed by atoms with Gasteiger partial charge in [0.05, 0.1) is 22.7 Å². The number of carbonyl (C=O) groups is 2. The Labute approximate surface area is 283 Å². The first kappa shape index (κ1) is 35.5. The van der Waals surface area contributed by atoms with Gasteiger partial charge in [-0.2, -0.15) is 39.5 Å². The van der Waals surface area contributed by atoms with Gasteiger partial charge in [0.25, 0.3) is 0 Å². The molecule has 2 fully saturated rings. The predicted octanol–water partition coefficient (Wildman–Crippen LogP) is 9.20. The van der Waals surface area contributed by atoms with Crippen molar-refractivity contribution in [3.63, 3.8) is 0 Å². The van der Waals surface area contributed by atoms with Gasteiger partial charge in [-0.1, -0.05) is 18.7 Å². The Hall–Kier alpha value is -5.28. The van der Waals surface area contributed by atoms with Crippen LogP contribution in [-0.4, -0.2) is 51.2 Å². The van der Waals surface area contributed by atoms with Gasteiger partial charge in [-0.05, 0) is 97.0 Å². The Kier molecular flexibility index (Phi) is 8.30. The first-order valence-electron chi connectivity index (χ1n) is 15.2. The molecule has 3 aliphatic heterocycles. The molecule has 268 valence electrons. The molecule has 3 aliphatic rings. The van der Waals surface area contributed by atoms with Crippen LogP contribution in [0.5, 0.6) is 0 Å². The topological polar surface area (TPSA) is 91.8 Å². The number of halogens is 9. The van der Waals surface area contributed by atoms with Crippen LogP contribution in [0.1, 0.15) is 51.6 Å². The molecule has 2 aromatic carbocycles. The predicted molar refractivity (Wildman–Crippen MR) is 164 cm³/mol. The molecule has 51 heavy (non-hydrogen) atoms. The van der Waals surface area contributed by atoms with Crippen LogP contribution in [-0.2, 0) is 10.9 Å². The first-order valence-corrected chi connectivity index (χ1v) is 15.2. The van der Waals surface area contributed by atoms with Gasteiger partial charge in [-0.25, -0.2) is 9.59 Å². The van der Waals surface area contributed by atoms with Gasteiger partial charge < -0.3 is 15.2 Å². The number of nitrogens with zero attached hydrogens (tertiary/aromatic N) is 2. The van der Waals surface area contributed by atoms with Crippen LogP contribution in [0, 0.1) is 13.8 Å². The molecule has 6 rings (SSSR count). The summed E-state index contributed by atoms with van der Waals surface area (Å²) in [6.45, 7) is 6.79. The maximum absolute atomic E-state index is 14.3. The zero-order valence-corrected chi connectivity index (χ0v) is 26.5. The Balaban J connectivity index is 1.52. The molecule has 2 saturated heterocycles. The van der Waals surface area contributed by atoms with Crippen molar-refractivity contribution in [3.05, 3.63) is 112 Å². The molecule has 7 nitrogen and oxygen atoms in total. The van der Waals surface area contributed by atoms with Gasteiger partial charge in [0.2, 0.25) is 0 Å². The number of aromatic carboxylic acids is 1. The summed E-state index contributed by atoms with van der Waals surface area (Å²) in [6, 6.07) is 7.32. The van der Waals surface area contributed by atoms with E-state index < -0.39 is 70.8 Å². The molecule has 1 aromatic heterocycles. The number of nitrogens with one attached hydrogen (secondary N) is 1. The molecule has 0 aliphatic carbocycles. The van der Waals surface area contributed by atoms with Gasteiger partial charge in [0.15, 0.2) is 11.8 Å². The minimum atomic E-state index is -5.37. The maximum Gasteiger partial charge on any atom is 0.430 e. The molecule has 4 heterocycles. The van der Waals surface area contributed by atoms with Crippen LogP contribution < -0.4 is 5.32 Å². The number of hydrogen-bond donors (Lipinski definition) is 2. The molecule has 0 unspecified atom stereocenters. The average molecular weight is 724 g/mol. The molecule has 0 bridgehead atoms. The molecular weight excluding hydrogens is 697 g/mol. The van der Waals surface area contributed by atoms with Crippen LogP contribution in [0.4, 0.5) is 44.3 Å². The number of carbonyl (C=O) groups excluding carboxylic acids is 1. The minimum absolute atomic E-state index is 0.0201. The lowest BCUT2D eigenvalue weighted by Gasteiger charge is -2.39. The maximum atomic E-state index is 14.3. The summed E-state index contributed by atoms with van der Waals surface area (Å²) in [7, 11) is 0. The lowest BCUT2D eigenvalue weighted by atomic mass is 9.89. The first-order chi connectivity index (χ1) is 23.6. The number of ether oxygens (including phenoxy) is 1. The second-order valence-corrected chi connectivity index (χ2v) is 12.5. The molecule has 0 radical (unpaired) electrons. The summed E-state index contributed by atoms with van der Waals surface area (Å²) in [5.41, 5.74) is -5.10. The van der Waals surface area contributed by atoms with Crippen LogP contribution in [0.2, 0.25) is 0 Å². The van der Waals surface area contributed by atoms with E-state index in [1.165, 1.54) is 18.3 Å². The van der Waals surface area contributed by atoms with Crippen LogP contribution >= 0.6 is 0 Å². The Morgan fingerprint density at radius 2 is 1.63 bits per heavy atom. The third-order valence-corrected chi connectivity index (χ3v) is 9.25. The van der Waals surface area contributed by atoms with Crippen molar-refractivity contribution in [1.29, 1.82) is 0 Å². The van der Waals surface area contributed by atoms with Gasteiger partial charge in [-0.15, -0.1) is 0 Å². The van der Waals surface area contributed by atoms with Crippen LogP contribution in [0.15, 0.2) is 84.2 Å². The van der Waals surface area contributed by atoms with E-state index in [0.717, 1.165) is 23.1 Å². The Morgan fingerprint density at radius 3 is 2.24 bits per heavy atom. The average Bonchev–Trinajstić information content (AvgIpc) is 3.53. The number of aryl methyl sites for hydroxylation is 2. The number of benzene rings is 2. The number of hydrogen-bond acceptors (Lipinski definition) is 5. The fourth-order valence-corrected chi connectivity index (χ4v) is 6.94. The van der Waals surface area contributed by atoms with E-state index >= 15 is 0 Å². The zero-order chi connectivity index (χ0) is 37.4. The van der Waals surface area contributed by atoms with E-state index in [9.17, 15) is 54.2 Å². The Bertz CT molecular complexity index is 2050. The number of aromatic nitrogens is 1. The number of carboxylic acids is 1. The lowest BCUT2D eigenvalue weighted by molar-refractivity contribution is -0.137.